The molecule has 134 valence electrons. The highest BCUT2D eigenvalue weighted by Crippen LogP contribution is 2.37. The molecule has 1 atom stereocenters. The molecule has 2 N–H and O–H groups in total. The first-order valence-corrected chi connectivity index (χ1v) is 7.98. The maximum Gasteiger partial charge on any atom is 0.435 e. The lowest BCUT2D eigenvalue weighted by molar-refractivity contribution is -0.140. The molecule has 0 aliphatic carbocycles. The van der Waals surface area contributed by atoms with Gasteiger partial charge in [-0.1, -0.05) is 12.1 Å². The number of aromatic nitrogens is 2. The Labute approximate surface area is 142 Å². The number of carbonyl (C=O) groups is 1. The fourth-order valence-electron chi connectivity index (χ4n) is 2.89. The number of hydrogen-bond donors (Lipinski definition) is 2. The van der Waals surface area contributed by atoms with Crippen molar-refractivity contribution in [2.75, 3.05) is 13.2 Å². The van der Waals surface area contributed by atoms with Gasteiger partial charge in [0.25, 0.3) is 5.91 Å². The molecule has 0 unspecified atom stereocenters. The molecule has 25 heavy (non-hydrogen) atoms. The van der Waals surface area contributed by atoms with Crippen LogP contribution in [0.1, 0.15) is 34.6 Å². The van der Waals surface area contributed by atoms with Crippen molar-refractivity contribution in [3.63, 3.8) is 0 Å². The van der Waals surface area contributed by atoms with Crippen LogP contribution >= 0.6 is 0 Å². The number of carbonyl (C=O) groups excluding carboxylic acids is 1. The molecule has 2 heterocycles. The van der Waals surface area contributed by atoms with Crippen LogP contribution in [0.15, 0.2) is 24.3 Å². The molecule has 1 saturated heterocycles. The number of aryl methyl sites for hydroxylation is 1. The average molecular weight is 353 g/mol. The van der Waals surface area contributed by atoms with Crippen LogP contribution in [-0.4, -0.2) is 35.4 Å². The van der Waals surface area contributed by atoms with Crippen LogP contribution in [0.5, 0.6) is 0 Å². The number of amides is 1. The van der Waals surface area contributed by atoms with E-state index in [-0.39, 0.29) is 17.6 Å². The van der Waals surface area contributed by atoms with Crippen LogP contribution in [0.25, 0.3) is 11.1 Å². The normalized spacial score (nSPS) is 17.7. The second-order valence-corrected chi connectivity index (χ2v) is 5.99. The van der Waals surface area contributed by atoms with Crippen LogP contribution in [0, 0.1) is 6.92 Å². The number of H-pyrrole nitrogens is 1. The molecule has 3 rings (SSSR count). The van der Waals surface area contributed by atoms with E-state index in [4.69, 9.17) is 4.74 Å². The molecule has 1 amide bonds. The quantitative estimate of drug-likeness (QED) is 0.886. The van der Waals surface area contributed by atoms with Crippen molar-refractivity contribution >= 4 is 5.91 Å². The van der Waals surface area contributed by atoms with Crippen LogP contribution in [-0.2, 0) is 10.9 Å². The lowest BCUT2D eigenvalue weighted by Crippen LogP contribution is -2.31. The molecule has 1 aliphatic heterocycles. The van der Waals surface area contributed by atoms with Gasteiger partial charge in [0.15, 0.2) is 5.69 Å². The van der Waals surface area contributed by atoms with Gasteiger partial charge in [-0.3, -0.25) is 9.89 Å². The second kappa shape index (κ2) is 6.87. The number of aromatic amines is 1. The zero-order valence-electron chi connectivity index (χ0n) is 13.6. The Morgan fingerprint density at radius 3 is 2.68 bits per heavy atom. The monoisotopic (exact) mass is 353 g/mol. The second-order valence-electron chi connectivity index (χ2n) is 5.99. The van der Waals surface area contributed by atoms with Gasteiger partial charge < -0.3 is 10.1 Å². The van der Waals surface area contributed by atoms with Gasteiger partial charge in [0.2, 0.25) is 0 Å². The molecule has 8 heteroatoms. The fraction of sp³-hybridized carbons (Fsp3) is 0.412. The summed E-state index contributed by atoms with van der Waals surface area (Å²) >= 11 is 0. The van der Waals surface area contributed by atoms with Gasteiger partial charge in [-0.25, -0.2) is 0 Å². The summed E-state index contributed by atoms with van der Waals surface area (Å²) in [5.41, 5.74) is 0.105. The largest absolute Gasteiger partial charge is 0.435 e. The van der Waals surface area contributed by atoms with Gasteiger partial charge in [0.05, 0.1) is 6.10 Å². The molecule has 0 saturated carbocycles. The first-order valence-electron chi connectivity index (χ1n) is 7.98. The lowest BCUT2D eigenvalue weighted by Gasteiger charge is -2.11. The summed E-state index contributed by atoms with van der Waals surface area (Å²) in [4.78, 5) is 12.1. The summed E-state index contributed by atoms with van der Waals surface area (Å²) in [5, 5.41) is 8.50. The molecule has 1 fully saturated rings. The maximum atomic E-state index is 13.0. The minimum Gasteiger partial charge on any atom is -0.376 e. The zero-order chi connectivity index (χ0) is 18.0. The Morgan fingerprint density at radius 1 is 1.36 bits per heavy atom. The van der Waals surface area contributed by atoms with Gasteiger partial charge in [-0.15, -0.1) is 0 Å². The molecule has 1 aromatic heterocycles. The van der Waals surface area contributed by atoms with E-state index >= 15 is 0 Å². The van der Waals surface area contributed by atoms with Crippen molar-refractivity contribution in [2.24, 2.45) is 0 Å². The first kappa shape index (κ1) is 17.5. The van der Waals surface area contributed by atoms with Crippen LogP contribution in [0.2, 0.25) is 0 Å². The van der Waals surface area contributed by atoms with E-state index < -0.39 is 11.9 Å². The Morgan fingerprint density at radius 2 is 2.08 bits per heavy atom. The Kier molecular flexibility index (Phi) is 4.80. The maximum absolute atomic E-state index is 13.0. The van der Waals surface area contributed by atoms with Gasteiger partial charge >= 0.3 is 6.18 Å². The predicted octanol–water partition coefficient (Wildman–Crippen LogP) is 3.31. The highest BCUT2D eigenvalue weighted by atomic mass is 19.4. The number of ether oxygens (including phenoxy) is 1. The zero-order valence-corrected chi connectivity index (χ0v) is 13.6. The lowest BCUT2D eigenvalue weighted by atomic mass is 10.0. The smallest absolute Gasteiger partial charge is 0.376 e. The summed E-state index contributed by atoms with van der Waals surface area (Å²) in [5.74, 6) is -0.276. The Bertz CT molecular complexity index is 747. The Hall–Kier alpha value is -2.35. The topological polar surface area (TPSA) is 67.0 Å². The van der Waals surface area contributed by atoms with Gasteiger partial charge in [0.1, 0.15) is 0 Å². The van der Waals surface area contributed by atoms with E-state index in [1.807, 2.05) is 0 Å². The minimum atomic E-state index is -4.54. The van der Waals surface area contributed by atoms with Gasteiger partial charge in [0, 0.05) is 30.0 Å². The van der Waals surface area contributed by atoms with Crippen LogP contribution in [0.3, 0.4) is 0 Å². The highest BCUT2D eigenvalue weighted by molar-refractivity contribution is 5.94. The van der Waals surface area contributed by atoms with E-state index in [0.29, 0.717) is 30.0 Å². The predicted molar refractivity (Wildman–Crippen MR) is 85.1 cm³/mol. The molecule has 5 nitrogen and oxygen atoms in total. The third kappa shape index (κ3) is 3.84. The van der Waals surface area contributed by atoms with E-state index in [0.717, 1.165) is 12.8 Å². The van der Waals surface area contributed by atoms with Gasteiger partial charge in [-0.05, 0) is 37.5 Å². The molecule has 1 aliphatic rings. The third-order valence-electron chi connectivity index (χ3n) is 4.17. The van der Waals surface area contributed by atoms with Crippen LogP contribution in [0.4, 0.5) is 13.2 Å². The van der Waals surface area contributed by atoms with E-state index in [1.165, 1.54) is 31.2 Å². The SMILES string of the molecule is Cc1[nH]nc(C(F)(F)F)c1-c1ccc(C(=O)NC[C@@H]2CCCO2)cc1. The van der Waals surface area contributed by atoms with Crippen LogP contribution < -0.4 is 5.32 Å². The number of rotatable bonds is 4. The summed E-state index contributed by atoms with van der Waals surface area (Å²) in [7, 11) is 0. The van der Waals surface area contributed by atoms with E-state index in [9.17, 15) is 18.0 Å². The molecule has 2 aromatic rings. The number of benzene rings is 1. The number of nitrogens with zero attached hydrogens (tertiary/aromatic N) is 1. The minimum absolute atomic E-state index is 0.00110. The third-order valence-corrected chi connectivity index (χ3v) is 4.17. The summed E-state index contributed by atoms with van der Waals surface area (Å²) in [6.07, 6.45) is -2.61. The standard InChI is InChI=1S/C17H18F3N3O2/c1-10-14(15(23-22-10)17(18,19)20)11-4-6-12(7-5-11)16(24)21-9-13-3-2-8-25-13/h4-7,13H,2-3,8-9H2,1H3,(H,21,24)(H,22,23)/t13-/m0/s1. The number of halogens is 3. The number of alkyl halides is 3. The van der Waals surface area contributed by atoms with Crippen molar-refractivity contribution in [3.8, 4) is 11.1 Å². The highest BCUT2D eigenvalue weighted by Gasteiger charge is 2.37. The molecular weight excluding hydrogens is 335 g/mol. The first-order chi connectivity index (χ1) is 11.9. The fourth-order valence-corrected chi connectivity index (χ4v) is 2.89. The number of nitrogens with one attached hydrogen (secondary N) is 2. The van der Waals surface area contributed by atoms with Crippen molar-refractivity contribution in [2.45, 2.75) is 32.0 Å². The molecular formula is C17H18F3N3O2. The van der Waals surface area contributed by atoms with E-state index in [2.05, 4.69) is 15.5 Å². The summed E-state index contributed by atoms with van der Waals surface area (Å²) in [6.45, 7) is 2.67. The van der Waals surface area contributed by atoms with Gasteiger partial charge in [-0.2, -0.15) is 18.3 Å². The van der Waals surface area contributed by atoms with Crippen molar-refractivity contribution in [1.29, 1.82) is 0 Å². The van der Waals surface area contributed by atoms with Crippen molar-refractivity contribution in [3.05, 3.63) is 41.2 Å². The molecule has 0 bridgehead atoms. The molecule has 0 spiro atoms. The summed E-state index contributed by atoms with van der Waals surface area (Å²) in [6, 6.07) is 6.00. The average Bonchev–Trinajstić information content (AvgIpc) is 3.21. The number of hydrogen-bond acceptors (Lipinski definition) is 3. The molecule has 1 aromatic carbocycles. The summed E-state index contributed by atoms with van der Waals surface area (Å²) < 4.78 is 44.6. The van der Waals surface area contributed by atoms with Crippen molar-refractivity contribution < 1.29 is 22.7 Å². The van der Waals surface area contributed by atoms with E-state index in [1.54, 1.807) is 0 Å². The molecule has 0 radical (unpaired) electrons. The van der Waals surface area contributed by atoms with Crippen molar-refractivity contribution in [1.82, 2.24) is 15.5 Å². The Balaban J connectivity index is 1.74.